The van der Waals surface area contributed by atoms with Crippen LogP contribution in [0.15, 0.2) is 47.1 Å². The number of pyridine rings is 1. The number of nitrogens with zero attached hydrogens (tertiary/aromatic N) is 3. The molecule has 0 bridgehead atoms. The van der Waals surface area contributed by atoms with Crippen LogP contribution in [0.1, 0.15) is 23.1 Å². The largest absolute Gasteiger partial charge is 0.439 e. The molecular weight excluding hydrogens is 430 g/mol. The van der Waals surface area contributed by atoms with Crippen molar-refractivity contribution in [3.63, 3.8) is 0 Å². The van der Waals surface area contributed by atoms with Crippen LogP contribution in [0.25, 0.3) is 0 Å². The molecule has 27 heavy (non-hydrogen) atoms. The maximum absolute atomic E-state index is 12.3. The minimum atomic E-state index is -0.200. The first-order chi connectivity index (χ1) is 13.1. The normalized spacial score (nSPS) is 10.6. The van der Waals surface area contributed by atoms with Crippen LogP contribution in [0.4, 0.5) is 0 Å². The first kappa shape index (κ1) is 19.2. The molecule has 2 aromatic heterocycles. The van der Waals surface area contributed by atoms with Gasteiger partial charge in [-0.2, -0.15) is 5.10 Å². The molecule has 0 saturated carbocycles. The van der Waals surface area contributed by atoms with Gasteiger partial charge in [0.1, 0.15) is 11.6 Å². The number of carbonyl (C=O) groups is 1. The van der Waals surface area contributed by atoms with Crippen molar-refractivity contribution in [2.24, 2.45) is 0 Å². The Labute approximate surface area is 169 Å². The number of halogens is 1. The topological polar surface area (TPSA) is 84.8 Å². The lowest BCUT2D eigenvalue weighted by molar-refractivity contribution is 0.0953. The monoisotopic (exact) mass is 447 g/mol. The Morgan fingerprint density at radius 3 is 2.93 bits per heavy atom. The molecule has 3 aromatic rings. The summed E-state index contributed by atoms with van der Waals surface area (Å²) in [5.41, 5.74) is 0.464. The Morgan fingerprint density at radius 2 is 2.22 bits per heavy atom. The van der Waals surface area contributed by atoms with Gasteiger partial charge in [0.25, 0.3) is 5.91 Å². The Kier molecular flexibility index (Phi) is 6.36. The van der Waals surface area contributed by atoms with Gasteiger partial charge in [-0.25, -0.2) is 4.98 Å². The van der Waals surface area contributed by atoms with Crippen molar-refractivity contribution in [1.82, 2.24) is 25.1 Å². The van der Waals surface area contributed by atoms with Crippen molar-refractivity contribution in [2.75, 3.05) is 6.54 Å². The highest BCUT2D eigenvalue weighted by Crippen LogP contribution is 2.22. The molecule has 0 radical (unpaired) electrons. The predicted molar refractivity (Wildman–Crippen MR) is 108 cm³/mol. The smallest absolute Gasteiger partial charge is 0.252 e. The molecule has 0 aliphatic carbocycles. The van der Waals surface area contributed by atoms with E-state index in [9.17, 15) is 4.79 Å². The molecule has 1 aromatic carbocycles. The van der Waals surface area contributed by atoms with Crippen molar-refractivity contribution < 1.29 is 9.53 Å². The van der Waals surface area contributed by atoms with Gasteiger partial charge in [-0.15, -0.1) is 0 Å². The van der Waals surface area contributed by atoms with Gasteiger partial charge in [0.05, 0.1) is 5.56 Å². The second-order valence-corrected chi connectivity index (χ2v) is 6.94. The maximum atomic E-state index is 12.3. The van der Waals surface area contributed by atoms with E-state index in [0.29, 0.717) is 34.9 Å². The third kappa shape index (κ3) is 5.01. The zero-order valence-corrected chi connectivity index (χ0v) is 17.0. The number of aromatic amines is 1. The van der Waals surface area contributed by atoms with Gasteiger partial charge in [0.2, 0.25) is 5.88 Å². The van der Waals surface area contributed by atoms with Gasteiger partial charge < -0.3 is 14.6 Å². The van der Waals surface area contributed by atoms with E-state index in [1.54, 1.807) is 12.1 Å². The van der Waals surface area contributed by atoms with Crippen molar-refractivity contribution >= 4 is 34.1 Å². The van der Waals surface area contributed by atoms with Crippen LogP contribution < -0.4 is 10.1 Å². The molecule has 0 saturated heterocycles. The summed E-state index contributed by atoms with van der Waals surface area (Å²) in [6.07, 6.45) is 2.08. The summed E-state index contributed by atoms with van der Waals surface area (Å²) < 4.78 is 9.07. The number of ether oxygens (including phenoxy) is 1. The highest BCUT2D eigenvalue weighted by atomic mass is 79.9. The lowest BCUT2D eigenvalue weighted by atomic mass is 10.2. The number of hydrogen-bond donors (Lipinski definition) is 2. The molecule has 3 rings (SSSR count). The van der Waals surface area contributed by atoms with Gasteiger partial charge in [0, 0.05) is 36.2 Å². The number of carbonyl (C=O) groups excluding carboxylic acids is 1. The fourth-order valence-corrected chi connectivity index (χ4v) is 3.14. The summed E-state index contributed by atoms with van der Waals surface area (Å²) in [5, 5.41) is 9.80. The third-order valence-electron chi connectivity index (χ3n) is 3.80. The molecule has 0 aliphatic heterocycles. The Morgan fingerprint density at radius 1 is 1.37 bits per heavy atom. The van der Waals surface area contributed by atoms with Crippen molar-refractivity contribution in [2.45, 2.75) is 19.9 Å². The SMILES string of the molecule is CCn1c(CCNC(=O)c2ccc(Oc3cccc(Br)c3)nc2)n[nH]c1=S. The Hall–Kier alpha value is -2.52. The van der Waals surface area contributed by atoms with Gasteiger partial charge in [-0.1, -0.05) is 22.0 Å². The highest BCUT2D eigenvalue weighted by molar-refractivity contribution is 9.10. The van der Waals surface area contributed by atoms with E-state index >= 15 is 0 Å². The minimum absolute atomic E-state index is 0.200. The van der Waals surface area contributed by atoms with Gasteiger partial charge in [0.15, 0.2) is 4.77 Å². The van der Waals surface area contributed by atoms with E-state index in [0.717, 1.165) is 16.8 Å². The molecule has 0 unspecified atom stereocenters. The zero-order valence-electron chi connectivity index (χ0n) is 14.6. The van der Waals surface area contributed by atoms with E-state index in [4.69, 9.17) is 17.0 Å². The summed E-state index contributed by atoms with van der Waals surface area (Å²) in [6.45, 7) is 3.19. The lowest BCUT2D eigenvalue weighted by Gasteiger charge is -2.07. The summed E-state index contributed by atoms with van der Waals surface area (Å²) >= 11 is 8.54. The molecule has 0 fully saturated rings. The third-order valence-corrected chi connectivity index (χ3v) is 4.61. The average Bonchev–Trinajstić information content (AvgIpc) is 3.02. The first-order valence-electron chi connectivity index (χ1n) is 8.38. The Bertz CT molecular complexity index is 984. The lowest BCUT2D eigenvalue weighted by Crippen LogP contribution is -2.26. The number of amides is 1. The maximum Gasteiger partial charge on any atom is 0.252 e. The molecule has 2 N–H and O–H groups in total. The van der Waals surface area contributed by atoms with Crippen LogP contribution in [0.3, 0.4) is 0 Å². The van der Waals surface area contributed by atoms with Crippen LogP contribution >= 0.6 is 28.1 Å². The van der Waals surface area contributed by atoms with Crippen LogP contribution in [0.5, 0.6) is 11.6 Å². The van der Waals surface area contributed by atoms with E-state index in [2.05, 4.69) is 36.4 Å². The predicted octanol–water partition coefficient (Wildman–Crippen LogP) is 3.88. The number of hydrogen-bond acceptors (Lipinski definition) is 5. The number of rotatable bonds is 7. The van der Waals surface area contributed by atoms with Crippen molar-refractivity contribution in [3.05, 3.63) is 63.2 Å². The molecule has 0 atom stereocenters. The molecule has 2 heterocycles. The molecule has 7 nitrogen and oxygen atoms in total. The second-order valence-electron chi connectivity index (χ2n) is 5.64. The summed E-state index contributed by atoms with van der Waals surface area (Å²) in [6, 6.07) is 10.8. The van der Waals surface area contributed by atoms with Crippen molar-refractivity contribution in [3.8, 4) is 11.6 Å². The summed E-state index contributed by atoms with van der Waals surface area (Å²) in [7, 11) is 0. The van der Waals surface area contributed by atoms with Gasteiger partial charge in [-0.3, -0.25) is 9.89 Å². The van der Waals surface area contributed by atoms with E-state index in [1.807, 2.05) is 35.8 Å². The van der Waals surface area contributed by atoms with Crippen LogP contribution in [-0.4, -0.2) is 32.2 Å². The first-order valence-corrected chi connectivity index (χ1v) is 9.58. The van der Waals surface area contributed by atoms with Crippen LogP contribution in [0, 0.1) is 4.77 Å². The molecule has 140 valence electrons. The quantitative estimate of drug-likeness (QED) is 0.536. The minimum Gasteiger partial charge on any atom is -0.439 e. The number of H-pyrrole nitrogens is 1. The number of aromatic nitrogens is 4. The molecule has 0 aliphatic rings. The van der Waals surface area contributed by atoms with E-state index < -0.39 is 0 Å². The molecular formula is C18H18BrN5O2S. The molecule has 9 heteroatoms. The summed E-state index contributed by atoms with van der Waals surface area (Å²) in [5.74, 6) is 1.70. The van der Waals surface area contributed by atoms with Crippen LogP contribution in [0.2, 0.25) is 0 Å². The van der Waals surface area contributed by atoms with E-state index in [1.165, 1.54) is 6.20 Å². The Balaban J connectivity index is 1.55. The zero-order chi connectivity index (χ0) is 19.2. The fraction of sp³-hybridized carbons (Fsp3) is 0.222. The highest BCUT2D eigenvalue weighted by Gasteiger charge is 2.09. The van der Waals surface area contributed by atoms with E-state index in [-0.39, 0.29) is 5.91 Å². The van der Waals surface area contributed by atoms with Gasteiger partial charge in [-0.05, 0) is 43.4 Å². The molecule has 1 amide bonds. The van der Waals surface area contributed by atoms with Gasteiger partial charge >= 0.3 is 0 Å². The average molecular weight is 448 g/mol. The summed E-state index contributed by atoms with van der Waals surface area (Å²) in [4.78, 5) is 16.4. The van der Waals surface area contributed by atoms with Crippen molar-refractivity contribution in [1.29, 1.82) is 0 Å². The van der Waals surface area contributed by atoms with Crippen LogP contribution in [-0.2, 0) is 13.0 Å². The standard InChI is InChI=1S/C18H18BrN5O2S/c1-2-24-15(22-23-18(24)27)8-9-20-17(25)12-6-7-16(21-11-12)26-14-5-3-4-13(19)10-14/h3-7,10-11H,2,8-9H2,1H3,(H,20,25)(H,23,27). The second kappa shape index (κ2) is 8.92. The number of nitrogens with one attached hydrogen (secondary N) is 2. The number of benzene rings is 1. The molecule has 0 spiro atoms. The fourth-order valence-electron chi connectivity index (χ4n) is 2.48.